The third-order valence-electron chi connectivity index (χ3n) is 6.06. The van der Waals surface area contributed by atoms with Gasteiger partial charge in [-0.1, -0.05) is 71.8 Å². The average molecular weight is 415 g/mol. The maximum atomic E-state index is 13.5. The van der Waals surface area contributed by atoms with E-state index in [1.54, 1.807) is 0 Å². The molecule has 5 rings (SSSR count). The van der Waals surface area contributed by atoms with E-state index in [-0.39, 0.29) is 17.7 Å². The zero-order valence-electron chi connectivity index (χ0n) is 16.8. The summed E-state index contributed by atoms with van der Waals surface area (Å²) in [5, 5.41) is 7.92. The topological polar surface area (TPSA) is 41.1 Å². The molecular weight excluding hydrogens is 392 g/mol. The molecule has 0 amide bonds. The van der Waals surface area contributed by atoms with Crippen molar-refractivity contribution in [3.8, 4) is 0 Å². The molecule has 2 aliphatic rings. The van der Waals surface area contributed by atoms with E-state index in [0.717, 1.165) is 45.2 Å². The highest BCUT2D eigenvalue weighted by molar-refractivity contribution is 6.31. The summed E-state index contributed by atoms with van der Waals surface area (Å²) in [7, 11) is 0. The SMILES string of the molecule is Cc1ccc([C@@H]2Nc3ccccc3NC3=C2C(=O)C[C@H](c2ccccc2Cl)C3)cc1. The summed E-state index contributed by atoms with van der Waals surface area (Å²) in [6, 6.07) is 24.2. The van der Waals surface area contributed by atoms with Crippen molar-refractivity contribution >= 4 is 28.8 Å². The number of rotatable bonds is 2. The molecule has 3 aromatic carbocycles. The molecule has 0 saturated carbocycles. The third kappa shape index (κ3) is 3.40. The predicted octanol–water partition coefficient (Wildman–Crippen LogP) is 6.63. The molecule has 0 fully saturated rings. The van der Waals surface area contributed by atoms with Gasteiger partial charge in [-0.05, 0) is 48.6 Å². The lowest BCUT2D eigenvalue weighted by Gasteiger charge is -2.30. The van der Waals surface area contributed by atoms with E-state index in [1.807, 2.05) is 42.5 Å². The number of ketones is 1. The van der Waals surface area contributed by atoms with Crippen LogP contribution >= 0.6 is 11.6 Å². The minimum atomic E-state index is -0.184. The quantitative estimate of drug-likeness (QED) is 0.494. The van der Waals surface area contributed by atoms with Gasteiger partial charge in [-0.15, -0.1) is 0 Å². The van der Waals surface area contributed by atoms with Crippen molar-refractivity contribution in [1.29, 1.82) is 0 Å². The Morgan fingerprint density at radius 2 is 1.57 bits per heavy atom. The number of anilines is 2. The smallest absolute Gasteiger partial charge is 0.163 e. The van der Waals surface area contributed by atoms with E-state index in [9.17, 15) is 4.79 Å². The molecule has 0 bridgehead atoms. The van der Waals surface area contributed by atoms with Crippen LogP contribution in [0, 0.1) is 6.92 Å². The Morgan fingerprint density at radius 3 is 2.33 bits per heavy atom. The highest BCUT2D eigenvalue weighted by Crippen LogP contribution is 2.45. The number of para-hydroxylation sites is 2. The molecule has 1 heterocycles. The second-order valence-corrected chi connectivity index (χ2v) is 8.51. The molecule has 0 aromatic heterocycles. The maximum absolute atomic E-state index is 13.5. The largest absolute Gasteiger partial charge is 0.372 e. The van der Waals surface area contributed by atoms with E-state index in [2.05, 4.69) is 47.9 Å². The van der Waals surface area contributed by atoms with Gasteiger partial charge in [0.2, 0.25) is 0 Å². The van der Waals surface area contributed by atoms with E-state index in [4.69, 9.17) is 11.6 Å². The standard InChI is InChI=1S/C26H23ClN2O/c1-16-10-12-17(13-11-16)26-25-23(28-21-8-4-5-9-22(21)29-26)14-18(15-24(25)30)19-6-2-3-7-20(19)27/h2-13,18,26,28-29H,14-15H2,1H3/t18-,26+/m1/s1. The summed E-state index contributed by atoms with van der Waals surface area (Å²) in [5.41, 5.74) is 7.15. The van der Waals surface area contributed by atoms with Crippen LogP contribution in [0.4, 0.5) is 11.4 Å². The molecule has 4 heteroatoms. The van der Waals surface area contributed by atoms with Crippen LogP contribution in [0.3, 0.4) is 0 Å². The molecule has 0 unspecified atom stereocenters. The molecular formula is C26H23ClN2O. The molecule has 0 radical (unpaired) electrons. The first-order valence-electron chi connectivity index (χ1n) is 10.3. The minimum Gasteiger partial charge on any atom is -0.372 e. The molecule has 1 aliphatic heterocycles. The van der Waals surface area contributed by atoms with Crippen LogP contribution in [-0.2, 0) is 4.79 Å². The number of allylic oxidation sites excluding steroid dienone is 1. The van der Waals surface area contributed by atoms with Crippen LogP contribution in [0.5, 0.6) is 0 Å². The summed E-state index contributed by atoms with van der Waals surface area (Å²) in [4.78, 5) is 13.5. The molecule has 30 heavy (non-hydrogen) atoms. The first-order valence-corrected chi connectivity index (χ1v) is 10.7. The van der Waals surface area contributed by atoms with Crippen LogP contribution in [0.1, 0.15) is 41.5 Å². The van der Waals surface area contributed by atoms with Crippen LogP contribution in [0.15, 0.2) is 84.1 Å². The first kappa shape index (κ1) is 19.0. The third-order valence-corrected chi connectivity index (χ3v) is 6.41. The van der Waals surface area contributed by atoms with Crippen molar-refractivity contribution in [2.24, 2.45) is 0 Å². The summed E-state index contributed by atoms with van der Waals surface area (Å²) >= 11 is 6.47. The highest BCUT2D eigenvalue weighted by Gasteiger charge is 2.36. The Labute approximate surface area is 181 Å². The van der Waals surface area contributed by atoms with Gasteiger partial charge in [-0.3, -0.25) is 4.79 Å². The van der Waals surface area contributed by atoms with Gasteiger partial charge in [-0.2, -0.15) is 0 Å². The predicted molar refractivity (Wildman–Crippen MR) is 123 cm³/mol. The molecule has 1 aliphatic carbocycles. The second kappa shape index (κ2) is 7.66. The summed E-state index contributed by atoms with van der Waals surface area (Å²) < 4.78 is 0. The number of hydrogen-bond acceptors (Lipinski definition) is 3. The Kier molecular flexibility index (Phi) is 4.84. The highest BCUT2D eigenvalue weighted by atomic mass is 35.5. The number of benzene rings is 3. The second-order valence-electron chi connectivity index (χ2n) is 8.10. The summed E-state index contributed by atoms with van der Waals surface area (Å²) in [6.07, 6.45) is 1.22. The normalized spacial score (nSPS) is 20.5. The lowest BCUT2D eigenvalue weighted by atomic mass is 9.78. The van der Waals surface area contributed by atoms with Gasteiger partial charge in [0.15, 0.2) is 5.78 Å². The van der Waals surface area contributed by atoms with Gasteiger partial charge in [0, 0.05) is 22.7 Å². The number of fused-ring (bicyclic) bond motifs is 1. The molecule has 150 valence electrons. The molecule has 0 spiro atoms. The fraction of sp³-hybridized carbons (Fsp3) is 0.192. The molecule has 2 N–H and O–H groups in total. The van der Waals surface area contributed by atoms with E-state index in [0.29, 0.717) is 6.42 Å². The zero-order chi connectivity index (χ0) is 20.7. The number of hydrogen-bond donors (Lipinski definition) is 2. The number of carbonyl (C=O) groups excluding carboxylic acids is 1. The zero-order valence-corrected chi connectivity index (χ0v) is 17.5. The first-order chi connectivity index (χ1) is 14.6. The van der Waals surface area contributed by atoms with Crippen LogP contribution in [0.2, 0.25) is 5.02 Å². The van der Waals surface area contributed by atoms with Crippen molar-refractivity contribution < 1.29 is 4.79 Å². The van der Waals surface area contributed by atoms with Gasteiger partial charge in [0.05, 0.1) is 17.4 Å². The van der Waals surface area contributed by atoms with Crippen molar-refractivity contribution in [2.45, 2.75) is 31.7 Å². The van der Waals surface area contributed by atoms with Crippen LogP contribution < -0.4 is 10.6 Å². The summed E-state index contributed by atoms with van der Waals surface area (Å²) in [6.45, 7) is 2.08. The lowest BCUT2D eigenvalue weighted by Crippen LogP contribution is -2.27. The van der Waals surface area contributed by atoms with Crippen molar-refractivity contribution in [2.75, 3.05) is 10.6 Å². The fourth-order valence-corrected chi connectivity index (χ4v) is 4.82. The van der Waals surface area contributed by atoms with Crippen LogP contribution in [0.25, 0.3) is 0 Å². The van der Waals surface area contributed by atoms with E-state index in [1.165, 1.54) is 5.56 Å². The van der Waals surface area contributed by atoms with Crippen molar-refractivity contribution in [1.82, 2.24) is 0 Å². The number of nitrogens with one attached hydrogen (secondary N) is 2. The Balaban J connectivity index is 1.62. The van der Waals surface area contributed by atoms with Gasteiger partial charge in [0.25, 0.3) is 0 Å². The van der Waals surface area contributed by atoms with Crippen molar-refractivity contribution in [3.05, 3.63) is 106 Å². The molecule has 2 atom stereocenters. The molecule has 0 saturated heterocycles. The monoisotopic (exact) mass is 414 g/mol. The number of halogens is 1. The van der Waals surface area contributed by atoms with Gasteiger partial charge < -0.3 is 10.6 Å². The molecule has 3 nitrogen and oxygen atoms in total. The fourth-order valence-electron chi connectivity index (χ4n) is 4.53. The van der Waals surface area contributed by atoms with E-state index >= 15 is 0 Å². The Hall–Kier alpha value is -3.04. The minimum absolute atomic E-state index is 0.0707. The number of Topliss-reactive ketones (excluding diaryl/α,β-unsaturated/α-hetero) is 1. The maximum Gasteiger partial charge on any atom is 0.163 e. The van der Waals surface area contributed by atoms with Gasteiger partial charge >= 0.3 is 0 Å². The van der Waals surface area contributed by atoms with Crippen LogP contribution in [-0.4, -0.2) is 5.78 Å². The molecule has 3 aromatic rings. The van der Waals surface area contributed by atoms with Gasteiger partial charge in [-0.25, -0.2) is 0 Å². The average Bonchev–Trinajstić information content (AvgIpc) is 2.91. The van der Waals surface area contributed by atoms with E-state index < -0.39 is 0 Å². The van der Waals surface area contributed by atoms with Crippen molar-refractivity contribution in [3.63, 3.8) is 0 Å². The lowest BCUT2D eigenvalue weighted by molar-refractivity contribution is -0.116. The Morgan fingerprint density at radius 1 is 0.867 bits per heavy atom. The number of carbonyl (C=O) groups is 1. The summed E-state index contributed by atoms with van der Waals surface area (Å²) in [5.74, 6) is 0.237. The van der Waals surface area contributed by atoms with Gasteiger partial charge in [0.1, 0.15) is 0 Å². The number of aryl methyl sites for hydroxylation is 1. The Bertz CT molecular complexity index is 1150.